The van der Waals surface area contributed by atoms with Crippen LogP contribution in [0.25, 0.3) is 0 Å². The Hall–Kier alpha value is -0.0800. The molecule has 0 fully saturated rings. The number of hydrogen-bond donors (Lipinski definition) is 2. The fourth-order valence-electron chi connectivity index (χ4n) is 5.70. The number of aliphatic hydroxyl groups excluding tert-OH is 1. The van der Waals surface area contributed by atoms with E-state index in [-0.39, 0.29) is 0 Å². The molecule has 0 aliphatic rings. The first-order valence-corrected chi connectivity index (χ1v) is 17.6. The van der Waals surface area contributed by atoms with Gasteiger partial charge in [-0.2, -0.15) is 0 Å². The maximum absolute atomic E-state index is 8.82. The van der Waals surface area contributed by atoms with E-state index in [1.807, 2.05) is 0 Å². The highest BCUT2D eigenvalue weighted by Gasteiger charge is 1.98. The second-order valence-corrected chi connectivity index (χ2v) is 12.2. The topological polar surface area (TPSA) is 40.5 Å². The van der Waals surface area contributed by atoms with Crippen LogP contribution in [-0.2, 0) is 0 Å². The molecule has 0 unspecified atom stereocenters. The van der Waals surface area contributed by atoms with Crippen LogP contribution in [0.15, 0.2) is 0 Å². The quantitative estimate of drug-likeness (QED) is 0.0661. The third-order valence-corrected chi connectivity index (χ3v) is 8.32. The van der Waals surface area contributed by atoms with Gasteiger partial charge in [-0.25, -0.2) is 0 Å². The molecular formula is C35H72O2. The number of aliphatic hydroxyl groups is 2. The molecule has 0 saturated heterocycles. The van der Waals surface area contributed by atoms with E-state index >= 15 is 0 Å². The molecule has 2 heteroatoms. The van der Waals surface area contributed by atoms with Gasteiger partial charge in [0.2, 0.25) is 0 Å². The molecule has 0 bridgehead atoms. The Morgan fingerprint density at radius 2 is 0.432 bits per heavy atom. The van der Waals surface area contributed by atoms with Crippen molar-refractivity contribution in [1.82, 2.24) is 0 Å². The van der Waals surface area contributed by atoms with E-state index in [0.29, 0.717) is 6.42 Å². The SMILES string of the molecule is CCCCCCCCCCCCCCCCCCCCCCCCCCCCCCCCCCC(O)O. The molecule has 0 radical (unpaired) electrons. The summed E-state index contributed by atoms with van der Waals surface area (Å²) in [7, 11) is 0. The third-order valence-electron chi connectivity index (χ3n) is 8.32. The number of unbranched alkanes of at least 4 members (excludes halogenated alkanes) is 31. The molecule has 2 N–H and O–H groups in total. The van der Waals surface area contributed by atoms with Crippen molar-refractivity contribution in [3.05, 3.63) is 0 Å². The summed E-state index contributed by atoms with van der Waals surface area (Å²) in [6.45, 7) is 2.30. The van der Waals surface area contributed by atoms with Gasteiger partial charge in [-0.3, -0.25) is 0 Å². The standard InChI is InChI=1S/C35H72O2/c1-2-3-4-5-6-7-8-9-10-11-12-13-14-15-16-17-18-19-20-21-22-23-24-25-26-27-28-29-30-31-32-33-34-35(36)37/h35-37H,2-34H2,1H3. The lowest BCUT2D eigenvalue weighted by Crippen LogP contribution is -2.02. The van der Waals surface area contributed by atoms with Crippen LogP contribution >= 0.6 is 0 Å². The zero-order chi connectivity index (χ0) is 26.9. The molecule has 0 aliphatic heterocycles. The second kappa shape index (κ2) is 33.9. The Kier molecular flexibility index (Phi) is 33.9. The molecule has 0 aromatic carbocycles. The monoisotopic (exact) mass is 525 g/mol. The summed E-state index contributed by atoms with van der Waals surface area (Å²) < 4.78 is 0. The van der Waals surface area contributed by atoms with Crippen molar-refractivity contribution in [2.75, 3.05) is 0 Å². The summed E-state index contributed by atoms with van der Waals surface area (Å²) in [5.74, 6) is 0. The summed E-state index contributed by atoms with van der Waals surface area (Å²) in [4.78, 5) is 0. The van der Waals surface area contributed by atoms with Crippen LogP contribution in [0.2, 0.25) is 0 Å². The van der Waals surface area contributed by atoms with Gasteiger partial charge in [-0.05, 0) is 12.8 Å². The van der Waals surface area contributed by atoms with Crippen molar-refractivity contribution in [1.29, 1.82) is 0 Å². The molecular weight excluding hydrogens is 452 g/mol. The highest BCUT2D eigenvalue weighted by molar-refractivity contribution is 4.53. The molecule has 0 aromatic heterocycles. The van der Waals surface area contributed by atoms with Crippen molar-refractivity contribution in [2.45, 2.75) is 225 Å². The van der Waals surface area contributed by atoms with Gasteiger partial charge in [0.1, 0.15) is 0 Å². The molecule has 0 amide bonds. The highest BCUT2D eigenvalue weighted by Crippen LogP contribution is 2.17. The first-order valence-electron chi connectivity index (χ1n) is 17.6. The maximum atomic E-state index is 8.82. The Morgan fingerprint density at radius 1 is 0.270 bits per heavy atom. The van der Waals surface area contributed by atoms with E-state index < -0.39 is 6.29 Å². The van der Waals surface area contributed by atoms with Gasteiger partial charge in [0.25, 0.3) is 0 Å². The van der Waals surface area contributed by atoms with Crippen molar-refractivity contribution in [2.24, 2.45) is 0 Å². The molecule has 0 aliphatic carbocycles. The van der Waals surface area contributed by atoms with Gasteiger partial charge in [0, 0.05) is 0 Å². The van der Waals surface area contributed by atoms with Gasteiger partial charge in [0.05, 0.1) is 0 Å². The largest absolute Gasteiger partial charge is 0.368 e. The summed E-state index contributed by atoms with van der Waals surface area (Å²) >= 11 is 0. The minimum atomic E-state index is -1.10. The summed E-state index contributed by atoms with van der Waals surface area (Å²) in [6.07, 6.45) is 44.9. The molecule has 224 valence electrons. The predicted octanol–water partition coefficient (Wildman–Crippen LogP) is 12.2. The van der Waals surface area contributed by atoms with Crippen LogP contribution in [0.5, 0.6) is 0 Å². The number of rotatable bonds is 33. The first-order chi connectivity index (χ1) is 18.3. The predicted molar refractivity (Wildman–Crippen MR) is 166 cm³/mol. The van der Waals surface area contributed by atoms with Crippen molar-refractivity contribution < 1.29 is 10.2 Å². The van der Waals surface area contributed by atoms with Crippen LogP contribution < -0.4 is 0 Å². The normalized spacial score (nSPS) is 11.7. The molecule has 0 spiro atoms. The third kappa shape index (κ3) is 35.9. The van der Waals surface area contributed by atoms with Gasteiger partial charge in [-0.15, -0.1) is 0 Å². The zero-order valence-electron chi connectivity index (χ0n) is 25.8. The Balaban J connectivity index is 3.01. The van der Waals surface area contributed by atoms with E-state index in [1.165, 1.54) is 193 Å². The molecule has 0 aromatic rings. The van der Waals surface area contributed by atoms with E-state index in [0.717, 1.165) is 12.8 Å². The minimum Gasteiger partial charge on any atom is -0.368 e. The molecule has 2 nitrogen and oxygen atoms in total. The van der Waals surface area contributed by atoms with Gasteiger partial charge in [-0.1, -0.05) is 206 Å². The molecule has 37 heavy (non-hydrogen) atoms. The fraction of sp³-hybridized carbons (Fsp3) is 1.00. The summed E-state index contributed by atoms with van der Waals surface area (Å²) in [6, 6.07) is 0. The lowest BCUT2D eigenvalue weighted by Gasteiger charge is -2.05. The average Bonchev–Trinajstić information content (AvgIpc) is 2.89. The first kappa shape index (κ1) is 36.9. The summed E-state index contributed by atoms with van der Waals surface area (Å²) in [5.41, 5.74) is 0. The second-order valence-electron chi connectivity index (χ2n) is 12.2. The van der Waals surface area contributed by atoms with E-state index in [4.69, 9.17) is 10.2 Å². The lowest BCUT2D eigenvalue weighted by molar-refractivity contribution is -0.0466. The summed E-state index contributed by atoms with van der Waals surface area (Å²) in [5, 5.41) is 17.6. The van der Waals surface area contributed by atoms with Crippen LogP contribution in [0.1, 0.15) is 219 Å². The van der Waals surface area contributed by atoms with Gasteiger partial charge in [0.15, 0.2) is 6.29 Å². The Morgan fingerprint density at radius 3 is 0.595 bits per heavy atom. The molecule has 0 rings (SSSR count). The molecule has 0 atom stereocenters. The van der Waals surface area contributed by atoms with E-state index in [2.05, 4.69) is 6.92 Å². The van der Waals surface area contributed by atoms with Gasteiger partial charge >= 0.3 is 0 Å². The highest BCUT2D eigenvalue weighted by atomic mass is 16.5. The minimum absolute atomic E-state index is 0.541. The van der Waals surface area contributed by atoms with E-state index in [9.17, 15) is 0 Å². The van der Waals surface area contributed by atoms with E-state index in [1.54, 1.807) is 0 Å². The number of hydrogen-bond acceptors (Lipinski definition) is 2. The van der Waals surface area contributed by atoms with Crippen molar-refractivity contribution in [3.63, 3.8) is 0 Å². The Bertz CT molecular complexity index is 381. The lowest BCUT2D eigenvalue weighted by atomic mass is 10.0. The average molecular weight is 525 g/mol. The van der Waals surface area contributed by atoms with Gasteiger partial charge < -0.3 is 10.2 Å². The smallest absolute Gasteiger partial charge is 0.151 e. The fourth-order valence-corrected chi connectivity index (χ4v) is 5.70. The molecule has 0 saturated carbocycles. The van der Waals surface area contributed by atoms with Crippen molar-refractivity contribution >= 4 is 0 Å². The maximum Gasteiger partial charge on any atom is 0.151 e. The van der Waals surface area contributed by atoms with Crippen LogP contribution in [0, 0.1) is 0 Å². The van der Waals surface area contributed by atoms with Crippen molar-refractivity contribution in [3.8, 4) is 0 Å². The zero-order valence-corrected chi connectivity index (χ0v) is 25.8. The van der Waals surface area contributed by atoms with Crippen LogP contribution in [0.4, 0.5) is 0 Å². The van der Waals surface area contributed by atoms with Crippen LogP contribution in [0.3, 0.4) is 0 Å². The van der Waals surface area contributed by atoms with Crippen LogP contribution in [-0.4, -0.2) is 16.5 Å². The molecule has 0 heterocycles. The Labute approximate surface area is 235 Å².